The quantitative estimate of drug-likeness (QED) is 0.417. The third-order valence-electron chi connectivity index (χ3n) is 7.35. The van der Waals surface area contributed by atoms with Crippen molar-refractivity contribution in [2.24, 2.45) is 11.8 Å². The van der Waals surface area contributed by atoms with Crippen LogP contribution in [-0.2, 0) is 27.9 Å². The van der Waals surface area contributed by atoms with Gasteiger partial charge in [-0.15, -0.1) is 0 Å². The Balaban J connectivity index is 1.28. The van der Waals surface area contributed by atoms with E-state index in [1.165, 1.54) is 4.31 Å². The zero-order valence-corrected chi connectivity index (χ0v) is 22.8. The van der Waals surface area contributed by atoms with Crippen molar-refractivity contribution in [2.45, 2.75) is 37.9 Å². The molecule has 3 atom stereocenters. The molecule has 1 saturated heterocycles. The van der Waals surface area contributed by atoms with E-state index in [0.717, 1.165) is 5.56 Å². The topological polar surface area (TPSA) is 109 Å². The summed E-state index contributed by atoms with van der Waals surface area (Å²) in [4.78, 5) is 30.7. The van der Waals surface area contributed by atoms with E-state index in [2.05, 4.69) is 10.3 Å². The molecule has 2 fully saturated rings. The number of carbonyl (C=O) groups excluding carboxylic acids is 2. The number of hydrogen-bond donors (Lipinski definition) is 1. The maximum absolute atomic E-state index is 13.6. The highest BCUT2D eigenvalue weighted by atomic mass is 32.2. The van der Waals surface area contributed by atoms with Gasteiger partial charge in [-0.05, 0) is 61.0 Å². The molecule has 2 amide bonds. The molecular weight excluding hydrogens is 516 g/mol. The van der Waals surface area contributed by atoms with Crippen LogP contribution in [0.3, 0.4) is 0 Å². The monoisotopic (exact) mass is 548 g/mol. The predicted octanol–water partition coefficient (Wildman–Crippen LogP) is 3.08. The summed E-state index contributed by atoms with van der Waals surface area (Å²) < 4.78 is 34.1. The fourth-order valence-corrected chi connectivity index (χ4v) is 6.52. The van der Waals surface area contributed by atoms with E-state index in [1.54, 1.807) is 73.8 Å². The summed E-state index contributed by atoms with van der Waals surface area (Å²) in [5.74, 6) is 1.16. The summed E-state index contributed by atoms with van der Waals surface area (Å²) in [5, 5.41) is 3.08. The highest BCUT2D eigenvalue weighted by molar-refractivity contribution is 7.89. The standard InChI is InChI=1S/C29H32N4O5S/c1-3-38-24-11-13-25(14-12-24)39(36,37)33(17-23-6-4-5-15-30-23)16-21-7-9-22(10-8-21)29(35)31-28-26-18-32(20(2)34)19-27(26)28/h4-15,26-28H,3,16-19H2,1-2H3,(H,31,35)/t26-,27+,28?. The summed E-state index contributed by atoms with van der Waals surface area (Å²) in [6.07, 6.45) is 1.64. The second-order valence-corrected chi connectivity index (χ2v) is 11.9. The first kappa shape index (κ1) is 26.8. The van der Waals surface area contributed by atoms with Gasteiger partial charge in [0.2, 0.25) is 15.9 Å². The lowest BCUT2D eigenvalue weighted by Crippen LogP contribution is -2.36. The van der Waals surface area contributed by atoms with Crippen molar-refractivity contribution < 1.29 is 22.7 Å². The third kappa shape index (κ3) is 5.97. The van der Waals surface area contributed by atoms with Gasteiger partial charge in [-0.25, -0.2) is 8.42 Å². The van der Waals surface area contributed by atoms with Gasteiger partial charge in [0.15, 0.2) is 0 Å². The van der Waals surface area contributed by atoms with Crippen LogP contribution in [0.4, 0.5) is 0 Å². The number of likely N-dealkylation sites (tertiary alicyclic amines) is 1. The molecule has 10 heteroatoms. The molecule has 0 spiro atoms. The molecule has 39 heavy (non-hydrogen) atoms. The number of hydrogen-bond acceptors (Lipinski definition) is 6. The molecule has 0 bridgehead atoms. The molecule has 1 saturated carbocycles. The van der Waals surface area contributed by atoms with E-state index in [1.807, 2.05) is 17.9 Å². The van der Waals surface area contributed by atoms with Crippen LogP contribution in [0.1, 0.15) is 35.5 Å². The summed E-state index contributed by atoms with van der Waals surface area (Å²) in [6, 6.07) is 18.9. The Morgan fingerprint density at radius 2 is 1.69 bits per heavy atom. The number of nitrogens with one attached hydrogen (secondary N) is 1. The van der Waals surface area contributed by atoms with Crippen molar-refractivity contribution in [3.8, 4) is 5.75 Å². The summed E-state index contributed by atoms with van der Waals surface area (Å²) in [7, 11) is -3.85. The lowest BCUT2D eigenvalue weighted by atomic mass is 10.1. The molecule has 2 aromatic carbocycles. The van der Waals surface area contributed by atoms with Gasteiger partial charge in [0.25, 0.3) is 5.91 Å². The molecule has 1 N–H and O–H groups in total. The average molecular weight is 549 g/mol. The van der Waals surface area contributed by atoms with Crippen molar-refractivity contribution in [1.82, 2.24) is 19.5 Å². The lowest BCUT2D eigenvalue weighted by molar-refractivity contribution is -0.128. The molecule has 1 aromatic heterocycles. The van der Waals surface area contributed by atoms with Gasteiger partial charge in [0.1, 0.15) is 5.75 Å². The molecule has 1 aliphatic carbocycles. The van der Waals surface area contributed by atoms with E-state index in [0.29, 0.717) is 48.5 Å². The van der Waals surface area contributed by atoms with E-state index >= 15 is 0 Å². The first-order chi connectivity index (χ1) is 18.8. The highest BCUT2D eigenvalue weighted by Gasteiger charge is 2.57. The molecular formula is C29H32N4O5S. The summed E-state index contributed by atoms with van der Waals surface area (Å²) in [6.45, 7) is 5.53. The fraction of sp³-hybridized carbons (Fsp3) is 0.345. The van der Waals surface area contributed by atoms with Gasteiger partial charge >= 0.3 is 0 Å². The number of carbonyl (C=O) groups is 2. The Morgan fingerprint density at radius 1 is 1.00 bits per heavy atom. The number of benzene rings is 2. The number of piperidine rings is 1. The normalized spacial score (nSPS) is 20.0. The van der Waals surface area contributed by atoms with Gasteiger partial charge in [0, 0.05) is 56.2 Å². The van der Waals surface area contributed by atoms with E-state index in [-0.39, 0.29) is 35.8 Å². The molecule has 2 heterocycles. The van der Waals surface area contributed by atoms with Crippen LogP contribution in [0.2, 0.25) is 0 Å². The van der Waals surface area contributed by atoms with E-state index in [9.17, 15) is 18.0 Å². The van der Waals surface area contributed by atoms with Crippen molar-refractivity contribution in [2.75, 3.05) is 19.7 Å². The van der Waals surface area contributed by atoms with Crippen molar-refractivity contribution in [3.63, 3.8) is 0 Å². The second kappa shape index (κ2) is 11.2. The van der Waals surface area contributed by atoms with Crippen LogP contribution in [0.25, 0.3) is 0 Å². The van der Waals surface area contributed by atoms with Crippen LogP contribution in [0, 0.1) is 11.8 Å². The summed E-state index contributed by atoms with van der Waals surface area (Å²) in [5.41, 5.74) is 1.89. The smallest absolute Gasteiger partial charge is 0.251 e. The van der Waals surface area contributed by atoms with Crippen molar-refractivity contribution >= 4 is 21.8 Å². The second-order valence-electron chi connectivity index (χ2n) is 9.95. The number of aromatic nitrogens is 1. The summed E-state index contributed by atoms with van der Waals surface area (Å²) >= 11 is 0. The Hall–Kier alpha value is -3.76. The van der Waals surface area contributed by atoms with Gasteiger partial charge < -0.3 is 15.0 Å². The number of rotatable bonds is 10. The minimum Gasteiger partial charge on any atom is -0.494 e. The van der Waals surface area contributed by atoms with Gasteiger partial charge in [-0.1, -0.05) is 18.2 Å². The van der Waals surface area contributed by atoms with Crippen LogP contribution in [-0.4, -0.2) is 60.2 Å². The number of pyridine rings is 1. The molecule has 1 aliphatic heterocycles. The SMILES string of the molecule is CCOc1ccc(S(=O)(=O)N(Cc2ccc(C(=O)NC3[C@H]4CN(C(C)=O)C[C@@H]34)cc2)Cc2ccccn2)cc1. The maximum Gasteiger partial charge on any atom is 0.251 e. The van der Waals surface area contributed by atoms with E-state index < -0.39 is 10.0 Å². The largest absolute Gasteiger partial charge is 0.494 e. The average Bonchev–Trinajstić information content (AvgIpc) is 3.35. The van der Waals surface area contributed by atoms with Gasteiger partial charge in [-0.3, -0.25) is 14.6 Å². The minimum absolute atomic E-state index is 0.0736. The Labute approximate surface area is 228 Å². The van der Waals surface area contributed by atoms with Crippen LogP contribution >= 0.6 is 0 Å². The molecule has 0 radical (unpaired) electrons. The number of sulfonamides is 1. The Morgan fingerprint density at radius 3 is 2.28 bits per heavy atom. The van der Waals surface area contributed by atoms with Crippen LogP contribution in [0.5, 0.6) is 5.75 Å². The van der Waals surface area contributed by atoms with Crippen LogP contribution < -0.4 is 10.1 Å². The zero-order chi connectivity index (χ0) is 27.6. The van der Waals surface area contributed by atoms with E-state index in [4.69, 9.17) is 4.74 Å². The molecule has 2 aliphatic rings. The lowest BCUT2D eigenvalue weighted by Gasteiger charge is -2.22. The molecule has 204 valence electrons. The molecule has 5 rings (SSSR count). The molecule has 1 unspecified atom stereocenters. The van der Waals surface area contributed by atoms with Crippen molar-refractivity contribution in [3.05, 3.63) is 89.7 Å². The van der Waals surface area contributed by atoms with Gasteiger partial charge in [-0.2, -0.15) is 4.31 Å². The first-order valence-electron chi connectivity index (χ1n) is 13.0. The Bertz CT molecular complexity index is 1420. The zero-order valence-electron chi connectivity index (χ0n) is 22.0. The number of ether oxygens (including phenoxy) is 1. The predicted molar refractivity (Wildman–Crippen MR) is 145 cm³/mol. The van der Waals surface area contributed by atoms with Crippen molar-refractivity contribution in [1.29, 1.82) is 0 Å². The maximum atomic E-state index is 13.6. The molecule has 3 aromatic rings. The highest BCUT2D eigenvalue weighted by Crippen LogP contribution is 2.45. The minimum atomic E-state index is -3.85. The van der Waals surface area contributed by atoms with Crippen LogP contribution in [0.15, 0.2) is 77.8 Å². The van der Waals surface area contributed by atoms with Gasteiger partial charge in [0.05, 0.1) is 23.7 Å². The Kier molecular flexibility index (Phi) is 7.67. The number of amides is 2. The molecule has 9 nitrogen and oxygen atoms in total. The third-order valence-corrected chi connectivity index (χ3v) is 9.16. The number of fused-ring (bicyclic) bond motifs is 1. The number of nitrogens with zero attached hydrogens (tertiary/aromatic N) is 3. The fourth-order valence-electron chi connectivity index (χ4n) is 5.12. The first-order valence-corrected chi connectivity index (χ1v) is 14.5.